The SMILES string of the molecule is CC1C(C)C(C)N(Cc2ccccc2)C(C)C1N. The van der Waals surface area contributed by atoms with Gasteiger partial charge in [0.15, 0.2) is 0 Å². The van der Waals surface area contributed by atoms with E-state index in [1.54, 1.807) is 0 Å². The van der Waals surface area contributed by atoms with Gasteiger partial charge in [-0.1, -0.05) is 44.2 Å². The third-order valence-electron chi connectivity index (χ3n) is 5.01. The molecule has 0 saturated carbocycles. The van der Waals surface area contributed by atoms with E-state index < -0.39 is 0 Å². The van der Waals surface area contributed by atoms with Crippen molar-refractivity contribution < 1.29 is 0 Å². The Morgan fingerprint density at radius 2 is 1.56 bits per heavy atom. The van der Waals surface area contributed by atoms with Crippen LogP contribution in [0.3, 0.4) is 0 Å². The molecule has 1 heterocycles. The van der Waals surface area contributed by atoms with Crippen LogP contribution < -0.4 is 5.73 Å². The van der Waals surface area contributed by atoms with Crippen LogP contribution in [0.25, 0.3) is 0 Å². The van der Waals surface area contributed by atoms with Crippen molar-refractivity contribution in [2.45, 2.75) is 52.4 Å². The fraction of sp³-hybridized carbons (Fsp3) is 0.625. The van der Waals surface area contributed by atoms with E-state index >= 15 is 0 Å². The Morgan fingerprint density at radius 1 is 0.944 bits per heavy atom. The van der Waals surface area contributed by atoms with Crippen molar-refractivity contribution in [2.24, 2.45) is 17.6 Å². The van der Waals surface area contributed by atoms with Crippen LogP contribution in [0.5, 0.6) is 0 Å². The van der Waals surface area contributed by atoms with E-state index in [9.17, 15) is 0 Å². The summed E-state index contributed by atoms with van der Waals surface area (Å²) in [6.45, 7) is 10.2. The molecule has 1 saturated heterocycles. The zero-order valence-corrected chi connectivity index (χ0v) is 12.0. The average molecular weight is 246 g/mol. The third-order valence-corrected chi connectivity index (χ3v) is 5.01. The summed E-state index contributed by atoms with van der Waals surface area (Å²) >= 11 is 0. The summed E-state index contributed by atoms with van der Waals surface area (Å²) in [5.41, 5.74) is 7.76. The summed E-state index contributed by atoms with van der Waals surface area (Å²) < 4.78 is 0. The zero-order valence-electron chi connectivity index (χ0n) is 12.0. The van der Waals surface area contributed by atoms with Crippen LogP contribution in [0.4, 0.5) is 0 Å². The van der Waals surface area contributed by atoms with Gasteiger partial charge in [0.05, 0.1) is 0 Å². The smallest absolute Gasteiger partial charge is 0.0240 e. The van der Waals surface area contributed by atoms with Crippen LogP contribution in [0, 0.1) is 11.8 Å². The molecule has 5 atom stereocenters. The lowest BCUT2D eigenvalue weighted by Crippen LogP contribution is -2.60. The van der Waals surface area contributed by atoms with Gasteiger partial charge in [-0.2, -0.15) is 0 Å². The second kappa shape index (κ2) is 5.41. The largest absolute Gasteiger partial charge is 0.326 e. The molecule has 1 aliphatic heterocycles. The van der Waals surface area contributed by atoms with Crippen molar-refractivity contribution in [1.82, 2.24) is 4.90 Å². The number of rotatable bonds is 2. The molecule has 1 aliphatic rings. The third kappa shape index (κ3) is 2.45. The Morgan fingerprint density at radius 3 is 2.17 bits per heavy atom. The zero-order chi connectivity index (χ0) is 13.3. The highest BCUT2D eigenvalue weighted by atomic mass is 15.2. The minimum atomic E-state index is 0.278. The molecule has 5 unspecified atom stereocenters. The maximum absolute atomic E-state index is 6.38. The molecule has 1 aromatic rings. The predicted molar refractivity (Wildman–Crippen MR) is 77.2 cm³/mol. The van der Waals surface area contributed by atoms with Gasteiger partial charge in [0.2, 0.25) is 0 Å². The Bertz CT molecular complexity index is 360. The molecule has 100 valence electrons. The molecule has 18 heavy (non-hydrogen) atoms. The molecule has 0 amide bonds. The van der Waals surface area contributed by atoms with Crippen LogP contribution >= 0.6 is 0 Å². The molecule has 1 fully saturated rings. The van der Waals surface area contributed by atoms with Crippen molar-refractivity contribution in [3.8, 4) is 0 Å². The second-order valence-corrected chi connectivity index (χ2v) is 5.93. The summed E-state index contributed by atoms with van der Waals surface area (Å²) in [6.07, 6.45) is 0. The first kappa shape index (κ1) is 13.6. The Hall–Kier alpha value is -0.860. The molecule has 2 nitrogen and oxygen atoms in total. The maximum atomic E-state index is 6.38. The number of benzene rings is 1. The number of likely N-dealkylation sites (tertiary alicyclic amines) is 1. The van der Waals surface area contributed by atoms with Crippen molar-refractivity contribution in [3.05, 3.63) is 35.9 Å². The van der Waals surface area contributed by atoms with Gasteiger partial charge in [-0.15, -0.1) is 0 Å². The van der Waals surface area contributed by atoms with Crippen molar-refractivity contribution in [2.75, 3.05) is 0 Å². The highest BCUT2D eigenvalue weighted by Crippen LogP contribution is 2.32. The molecule has 2 N–H and O–H groups in total. The van der Waals surface area contributed by atoms with Gasteiger partial charge in [0.1, 0.15) is 0 Å². The lowest BCUT2D eigenvalue weighted by molar-refractivity contribution is 0.00745. The van der Waals surface area contributed by atoms with E-state index in [2.05, 4.69) is 62.9 Å². The topological polar surface area (TPSA) is 29.3 Å². The molecule has 2 heteroatoms. The number of hydrogen-bond donors (Lipinski definition) is 1. The van der Waals surface area contributed by atoms with Crippen molar-refractivity contribution >= 4 is 0 Å². The fourth-order valence-electron chi connectivity index (χ4n) is 3.21. The van der Waals surface area contributed by atoms with E-state index in [0.717, 1.165) is 6.54 Å². The van der Waals surface area contributed by atoms with E-state index in [4.69, 9.17) is 5.73 Å². The first-order chi connectivity index (χ1) is 8.52. The second-order valence-electron chi connectivity index (χ2n) is 5.93. The molecule has 0 aliphatic carbocycles. The molecule has 0 spiro atoms. The molecule has 2 rings (SSSR count). The van der Waals surface area contributed by atoms with Crippen molar-refractivity contribution in [1.29, 1.82) is 0 Å². The predicted octanol–water partition coefficient (Wildman–Crippen LogP) is 2.88. The van der Waals surface area contributed by atoms with Gasteiger partial charge in [-0.3, -0.25) is 4.90 Å². The van der Waals surface area contributed by atoms with E-state index in [0.29, 0.717) is 23.9 Å². The molecular formula is C16H26N2. The highest BCUT2D eigenvalue weighted by molar-refractivity contribution is 5.15. The Labute approximate surface area is 111 Å². The minimum absolute atomic E-state index is 0.278. The summed E-state index contributed by atoms with van der Waals surface area (Å²) in [5, 5.41) is 0. The molecule has 0 aromatic heterocycles. The molecule has 1 aromatic carbocycles. The lowest BCUT2D eigenvalue weighted by Gasteiger charge is -2.49. The number of piperidine rings is 1. The summed E-state index contributed by atoms with van der Waals surface area (Å²) in [6, 6.07) is 12.0. The number of nitrogens with two attached hydrogens (primary N) is 1. The van der Waals surface area contributed by atoms with Crippen LogP contribution in [-0.2, 0) is 6.54 Å². The Kier molecular flexibility index (Phi) is 4.08. The first-order valence-electron chi connectivity index (χ1n) is 7.07. The van der Waals surface area contributed by atoms with E-state index in [1.807, 2.05) is 0 Å². The monoisotopic (exact) mass is 246 g/mol. The van der Waals surface area contributed by atoms with Crippen LogP contribution in [0.2, 0.25) is 0 Å². The average Bonchev–Trinajstić information content (AvgIpc) is 2.40. The van der Waals surface area contributed by atoms with Gasteiger partial charge in [-0.05, 0) is 31.2 Å². The molecule has 0 bridgehead atoms. The standard InChI is InChI=1S/C16H26N2/c1-11-12(2)16(17)14(4)18(13(11)3)10-15-8-6-5-7-9-15/h5-9,11-14,16H,10,17H2,1-4H3. The summed E-state index contributed by atoms with van der Waals surface area (Å²) in [7, 11) is 0. The summed E-state index contributed by atoms with van der Waals surface area (Å²) in [5.74, 6) is 1.25. The molecule has 0 radical (unpaired) electrons. The van der Waals surface area contributed by atoms with Crippen molar-refractivity contribution in [3.63, 3.8) is 0 Å². The Balaban J connectivity index is 2.16. The van der Waals surface area contributed by atoms with Crippen LogP contribution in [0.1, 0.15) is 33.3 Å². The maximum Gasteiger partial charge on any atom is 0.0240 e. The summed E-state index contributed by atoms with van der Waals surface area (Å²) in [4.78, 5) is 2.56. The minimum Gasteiger partial charge on any atom is -0.326 e. The fourth-order valence-corrected chi connectivity index (χ4v) is 3.21. The van der Waals surface area contributed by atoms with Gasteiger partial charge in [-0.25, -0.2) is 0 Å². The highest BCUT2D eigenvalue weighted by Gasteiger charge is 2.39. The quantitative estimate of drug-likeness (QED) is 0.869. The van der Waals surface area contributed by atoms with Gasteiger partial charge >= 0.3 is 0 Å². The first-order valence-corrected chi connectivity index (χ1v) is 7.07. The van der Waals surface area contributed by atoms with Gasteiger partial charge in [0.25, 0.3) is 0 Å². The molecular weight excluding hydrogens is 220 g/mol. The number of nitrogens with zero attached hydrogens (tertiary/aromatic N) is 1. The van der Waals surface area contributed by atoms with Gasteiger partial charge < -0.3 is 5.73 Å². The number of hydrogen-bond acceptors (Lipinski definition) is 2. The van der Waals surface area contributed by atoms with Crippen LogP contribution in [0.15, 0.2) is 30.3 Å². The normalized spacial score (nSPS) is 37.7. The lowest BCUT2D eigenvalue weighted by atomic mass is 9.76. The van der Waals surface area contributed by atoms with E-state index in [1.165, 1.54) is 5.56 Å². The van der Waals surface area contributed by atoms with E-state index in [-0.39, 0.29) is 6.04 Å². The van der Waals surface area contributed by atoms with Crippen LogP contribution in [-0.4, -0.2) is 23.0 Å². The van der Waals surface area contributed by atoms with Gasteiger partial charge in [0, 0.05) is 24.7 Å².